The van der Waals surface area contributed by atoms with E-state index in [1.807, 2.05) is 18.2 Å². The molecule has 1 aromatic rings. The molecule has 0 bridgehead atoms. The highest BCUT2D eigenvalue weighted by molar-refractivity contribution is 7.98. The number of carbonyl (C=O) groups is 1. The molecule has 0 spiro atoms. The Morgan fingerprint density at radius 2 is 2.35 bits per heavy atom. The van der Waals surface area contributed by atoms with Crippen LogP contribution >= 0.6 is 11.8 Å². The number of nitrogen functional groups attached to an aromatic ring is 1. The number of hydrogen-bond acceptors (Lipinski definition) is 6. The standard InChI is InChI=1S/C11H17N3O2S/c1-14(4-5-17-3)10-9(11(15)16-2)6-8(12)7-13-10/h6-7H,4-5,12H2,1-3H3. The highest BCUT2D eigenvalue weighted by Crippen LogP contribution is 2.20. The zero-order valence-electron chi connectivity index (χ0n) is 10.3. The zero-order valence-corrected chi connectivity index (χ0v) is 11.1. The summed E-state index contributed by atoms with van der Waals surface area (Å²) in [6, 6.07) is 1.59. The Hall–Kier alpha value is -1.43. The minimum Gasteiger partial charge on any atom is -0.465 e. The Labute approximate surface area is 105 Å². The molecule has 0 aliphatic rings. The lowest BCUT2D eigenvalue weighted by molar-refractivity contribution is 0.0601. The minimum absolute atomic E-state index is 0.399. The molecular formula is C11H17N3O2S. The molecule has 1 aromatic heterocycles. The van der Waals surface area contributed by atoms with Crippen molar-refractivity contribution < 1.29 is 9.53 Å². The number of pyridine rings is 1. The third-order valence-electron chi connectivity index (χ3n) is 2.29. The van der Waals surface area contributed by atoms with Crippen LogP contribution in [0.4, 0.5) is 11.5 Å². The number of carbonyl (C=O) groups excluding carboxylic acids is 1. The maximum Gasteiger partial charge on any atom is 0.341 e. The second-order valence-electron chi connectivity index (χ2n) is 3.55. The van der Waals surface area contributed by atoms with E-state index in [1.54, 1.807) is 17.8 Å². The number of hydrogen-bond donors (Lipinski definition) is 1. The number of nitrogens with zero attached hydrogens (tertiary/aromatic N) is 2. The molecule has 5 nitrogen and oxygen atoms in total. The van der Waals surface area contributed by atoms with Crippen LogP contribution in [-0.4, -0.2) is 43.7 Å². The van der Waals surface area contributed by atoms with Crippen LogP contribution in [0.25, 0.3) is 0 Å². The first-order chi connectivity index (χ1) is 8.10. The Morgan fingerprint density at radius 3 is 2.94 bits per heavy atom. The number of methoxy groups -OCH3 is 1. The predicted octanol–water partition coefficient (Wildman–Crippen LogP) is 1.25. The second kappa shape index (κ2) is 6.34. The summed E-state index contributed by atoms with van der Waals surface area (Å²) >= 11 is 1.74. The predicted molar refractivity (Wildman–Crippen MR) is 71.6 cm³/mol. The minimum atomic E-state index is -0.421. The molecular weight excluding hydrogens is 238 g/mol. The molecule has 0 unspecified atom stereocenters. The molecule has 1 rings (SSSR count). The summed E-state index contributed by atoms with van der Waals surface area (Å²) < 4.78 is 4.72. The zero-order chi connectivity index (χ0) is 12.8. The number of esters is 1. The Balaban J connectivity index is 3.01. The number of anilines is 2. The second-order valence-corrected chi connectivity index (χ2v) is 4.53. The van der Waals surface area contributed by atoms with E-state index < -0.39 is 5.97 Å². The van der Waals surface area contributed by atoms with E-state index in [0.29, 0.717) is 17.1 Å². The summed E-state index contributed by atoms with van der Waals surface area (Å²) in [5.41, 5.74) is 6.48. The fraction of sp³-hybridized carbons (Fsp3) is 0.455. The van der Waals surface area contributed by atoms with Crippen LogP contribution in [0.5, 0.6) is 0 Å². The molecule has 0 aromatic carbocycles. The maximum absolute atomic E-state index is 11.6. The maximum atomic E-state index is 11.6. The van der Waals surface area contributed by atoms with Crippen LogP contribution in [0, 0.1) is 0 Å². The van der Waals surface area contributed by atoms with Crippen molar-refractivity contribution in [1.29, 1.82) is 0 Å². The molecule has 0 saturated heterocycles. The molecule has 0 amide bonds. The van der Waals surface area contributed by atoms with Gasteiger partial charge in [0.05, 0.1) is 19.0 Å². The van der Waals surface area contributed by atoms with Crippen molar-refractivity contribution in [1.82, 2.24) is 4.98 Å². The number of thioether (sulfide) groups is 1. The lowest BCUT2D eigenvalue weighted by atomic mass is 10.2. The fourth-order valence-electron chi connectivity index (χ4n) is 1.37. The van der Waals surface area contributed by atoms with Crippen molar-refractivity contribution >= 4 is 29.2 Å². The van der Waals surface area contributed by atoms with Crippen LogP contribution in [-0.2, 0) is 4.74 Å². The van der Waals surface area contributed by atoms with Gasteiger partial charge in [-0.2, -0.15) is 11.8 Å². The van der Waals surface area contributed by atoms with E-state index in [-0.39, 0.29) is 0 Å². The van der Waals surface area contributed by atoms with Gasteiger partial charge in [-0.15, -0.1) is 0 Å². The van der Waals surface area contributed by atoms with Gasteiger partial charge in [-0.05, 0) is 12.3 Å². The largest absolute Gasteiger partial charge is 0.465 e. The molecule has 0 aliphatic carbocycles. The molecule has 0 atom stereocenters. The van der Waals surface area contributed by atoms with E-state index >= 15 is 0 Å². The van der Waals surface area contributed by atoms with Gasteiger partial charge in [-0.1, -0.05) is 0 Å². The van der Waals surface area contributed by atoms with Crippen LogP contribution in [0.1, 0.15) is 10.4 Å². The smallest absolute Gasteiger partial charge is 0.341 e. The number of rotatable bonds is 5. The van der Waals surface area contributed by atoms with Crippen molar-refractivity contribution in [2.45, 2.75) is 0 Å². The molecule has 0 saturated carbocycles. The monoisotopic (exact) mass is 255 g/mol. The Kier molecular flexibility index (Phi) is 5.09. The average Bonchev–Trinajstić information content (AvgIpc) is 2.34. The average molecular weight is 255 g/mol. The van der Waals surface area contributed by atoms with Gasteiger partial charge in [0.1, 0.15) is 11.4 Å². The molecule has 0 radical (unpaired) electrons. The van der Waals surface area contributed by atoms with E-state index in [9.17, 15) is 4.79 Å². The van der Waals surface area contributed by atoms with Gasteiger partial charge in [-0.25, -0.2) is 9.78 Å². The molecule has 1 heterocycles. The number of aromatic nitrogens is 1. The summed E-state index contributed by atoms with van der Waals surface area (Å²) in [6.45, 7) is 0.808. The van der Waals surface area contributed by atoms with Gasteiger partial charge in [0.25, 0.3) is 0 Å². The van der Waals surface area contributed by atoms with E-state index in [0.717, 1.165) is 12.3 Å². The van der Waals surface area contributed by atoms with Crippen LogP contribution in [0.15, 0.2) is 12.3 Å². The van der Waals surface area contributed by atoms with Gasteiger partial charge in [0.2, 0.25) is 0 Å². The fourth-order valence-corrected chi connectivity index (χ4v) is 1.83. The van der Waals surface area contributed by atoms with Crippen LogP contribution in [0.3, 0.4) is 0 Å². The van der Waals surface area contributed by atoms with Gasteiger partial charge in [0.15, 0.2) is 0 Å². The van der Waals surface area contributed by atoms with E-state index in [2.05, 4.69) is 4.98 Å². The van der Waals surface area contributed by atoms with Crippen molar-refractivity contribution in [2.75, 3.05) is 43.3 Å². The third-order valence-corrected chi connectivity index (χ3v) is 2.88. The summed E-state index contributed by atoms with van der Waals surface area (Å²) in [7, 11) is 3.23. The van der Waals surface area contributed by atoms with Gasteiger partial charge >= 0.3 is 5.97 Å². The molecule has 0 aliphatic heterocycles. The molecule has 6 heteroatoms. The first-order valence-corrected chi connectivity index (χ1v) is 6.53. The highest BCUT2D eigenvalue weighted by atomic mass is 32.2. The summed E-state index contributed by atoms with van der Waals surface area (Å²) in [5, 5.41) is 0. The normalized spacial score (nSPS) is 10.1. The van der Waals surface area contributed by atoms with Gasteiger partial charge in [0, 0.05) is 19.3 Å². The quantitative estimate of drug-likeness (QED) is 0.799. The summed E-state index contributed by atoms with van der Waals surface area (Å²) in [5.74, 6) is 1.14. The first-order valence-electron chi connectivity index (χ1n) is 5.14. The lowest BCUT2D eigenvalue weighted by Crippen LogP contribution is -2.24. The topological polar surface area (TPSA) is 68.5 Å². The lowest BCUT2D eigenvalue weighted by Gasteiger charge is -2.20. The summed E-state index contributed by atoms with van der Waals surface area (Å²) in [6.07, 6.45) is 3.57. The van der Waals surface area contributed by atoms with Crippen molar-refractivity contribution in [3.05, 3.63) is 17.8 Å². The molecule has 94 valence electrons. The van der Waals surface area contributed by atoms with Crippen molar-refractivity contribution in [3.8, 4) is 0 Å². The Morgan fingerprint density at radius 1 is 1.65 bits per heavy atom. The molecule has 17 heavy (non-hydrogen) atoms. The van der Waals surface area contributed by atoms with Crippen molar-refractivity contribution in [3.63, 3.8) is 0 Å². The number of nitrogens with two attached hydrogens (primary N) is 1. The summed E-state index contributed by atoms with van der Waals surface area (Å²) in [4.78, 5) is 17.7. The Bertz CT molecular complexity index is 398. The first kappa shape index (κ1) is 13.6. The van der Waals surface area contributed by atoms with Crippen LogP contribution < -0.4 is 10.6 Å². The SMILES string of the molecule is COC(=O)c1cc(N)cnc1N(C)CCSC. The van der Waals surface area contributed by atoms with E-state index in [1.165, 1.54) is 13.3 Å². The highest BCUT2D eigenvalue weighted by Gasteiger charge is 2.16. The van der Waals surface area contributed by atoms with Gasteiger partial charge in [-0.3, -0.25) is 0 Å². The van der Waals surface area contributed by atoms with Gasteiger partial charge < -0.3 is 15.4 Å². The molecule has 2 N–H and O–H groups in total. The van der Waals surface area contributed by atoms with Crippen LogP contribution in [0.2, 0.25) is 0 Å². The number of ether oxygens (including phenoxy) is 1. The van der Waals surface area contributed by atoms with E-state index in [4.69, 9.17) is 10.5 Å². The third kappa shape index (κ3) is 3.52. The molecule has 0 fully saturated rings. The van der Waals surface area contributed by atoms with Crippen molar-refractivity contribution in [2.24, 2.45) is 0 Å².